The lowest BCUT2D eigenvalue weighted by Gasteiger charge is -2.23. The van der Waals surface area contributed by atoms with E-state index in [0.29, 0.717) is 0 Å². The van der Waals surface area contributed by atoms with Gasteiger partial charge >= 0.3 is 5.97 Å². The minimum absolute atomic E-state index is 0.0698. The van der Waals surface area contributed by atoms with Crippen molar-refractivity contribution in [1.82, 2.24) is 4.31 Å². The van der Waals surface area contributed by atoms with Crippen LogP contribution in [0.25, 0.3) is 0 Å². The molecule has 1 aliphatic rings. The molecule has 8 heteroatoms. The Morgan fingerprint density at radius 3 is 2.60 bits per heavy atom. The van der Waals surface area contributed by atoms with Gasteiger partial charge in [0.1, 0.15) is 4.90 Å². The van der Waals surface area contributed by atoms with E-state index in [2.05, 4.69) is 0 Å². The fourth-order valence-electron chi connectivity index (χ4n) is 2.38. The van der Waals surface area contributed by atoms with Crippen molar-refractivity contribution in [3.05, 3.63) is 28.2 Å². The number of nitrogens with zero attached hydrogens (tertiary/aromatic N) is 1. The Morgan fingerprint density at radius 2 is 2.05 bits per heavy atom. The van der Waals surface area contributed by atoms with Gasteiger partial charge in [-0.25, -0.2) is 8.42 Å². The van der Waals surface area contributed by atoms with Gasteiger partial charge in [0.15, 0.2) is 0 Å². The maximum Gasteiger partial charge on any atom is 0.308 e. The fourth-order valence-corrected chi connectivity index (χ4v) is 4.80. The average molecular weight is 338 g/mol. The molecule has 0 aromatic heterocycles. The van der Waals surface area contributed by atoms with Crippen LogP contribution < -0.4 is 0 Å². The van der Waals surface area contributed by atoms with E-state index >= 15 is 0 Å². The number of hydrogen-bond acceptors (Lipinski definition) is 3. The molecule has 20 heavy (non-hydrogen) atoms. The van der Waals surface area contributed by atoms with Crippen LogP contribution in [0.2, 0.25) is 10.0 Å². The molecule has 0 spiro atoms. The van der Waals surface area contributed by atoms with Crippen LogP contribution >= 0.6 is 23.2 Å². The third-order valence-corrected chi connectivity index (χ3v) is 6.20. The number of sulfonamides is 1. The van der Waals surface area contributed by atoms with E-state index in [-0.39, 0.29) is 27.9 Å². The predicted octanol–water partition coefficient (Wildman–Crippen LogP) is 2.48. The highest BCUT2D eigenvalue weighted by atomic mass is 35.5. The van der Waals surface area contributed by atoms with Crippen LogP contribution in [0.15, 0.2) is 23.1 Å². The van der Waals surface area contributed by atoms with Crippen LogP contribution in [0.4, 0.5) is 0 Å². The number of aliphatic carboxylic acids is 1. The standard InChI is InChI=1S/C12H13Cl2NO4S/c1-7-9(12(16)17)4-5-15(7)20(18,19)11-6-8(13)2-3-10(11)14/h2-3,6-7,9H,4-5H2,1H3,(H,16,17). The van der Waals surface area contributed by atoms with E-state index < -0.39 is 28.0 Å². The highest BCUT2D eigenvalue weighted by Gasteiger charge is 2.42. The van der Waals surface area contributed by atoms with Gasteiger partial charge in [-0.05, 0) is 31.5 Å². The summed E-state index contributed by atoms with van der Waals surface area (Å²) in [6.45, 7) is 1.74. The maximum atomic E-state index is 12.6. The van der Waals surface area contributed by atoms with E-state index in [1.165, 1.54) is 22.5 Å². The highest BCUT2D eigenvalue weighted by molar-refractivity contribution is 7.89. The van der Waals surface area contributed by atoms with Gasteiger partial charge in [-0.3, -0.25) is 4.79 Å². The molecule has 0 bridgehead atoms. The molecule has 1 fully saturated rings. The van der Waals surface area contributed by atoms with Gasteiger partial charge in [0.2, 0.25) is 10.0 Å². The Morgan fingerprint density at radius 1 is 1.40 bits per heavy atom. The molecule has 2 rings (SSSR count). The minimum Gasteiger partial charge on any atom is -0.481 e. The van der Waals surface area contributed by atoms with Crippen molar-refractivity contribution in [3.8, 4) is 0 Å². The number of hydrogen-bond donors (Lipinski definition) is 1. The van der Waals surface area contributed by atoms with Crippen molar-refractivity contribution in [2.45, 2.75) is 24.3 Å². The van der Waals surface area contributed by atoms with Crippen LogP contribution in [0.5, 0.6) is 0 Å². The second kappa shape index (κ2) is 5.52. The molecule has 1 saturated heterocycles. The topological polar surface area (TPSA) is 74.7 Å². The quantitative estimate of drug-likeness (QED) is 0.919. The minimum atomic E-state index is -3.85. The van der Waals surface area contributed by atoms with Gasteiger partial charge in [0, 0.05) is 17.6 Å². The van der Waals surface area contributed by atoms with Crippen LogP contribution in [0, 0.1) is 5.92 Å². The largest absolute Gasteiger partial charge is 0.481 e. The third kappa shape index (κ3) is 2.65. The van der Waals surface area contributed by atoms with Gasteiger partial charge in [0.05, 0.1) is 10.9 Å². The highest BCUT2D eigenvalue weighted by Crippen LogP contribution is 2.34. The molecule has 1 aromatic rings. The van der Waals surface area contributed by atoms with E-state index in [0.717, 1.165) is 0 Å². The Bertz CT molecular complexity index is 647. The Balaban J connectivity index is 2.41. The molecule has 1 heterocycles. The number of halogens is 2. The summed E-state index contributed by atoms with van der Waals surface area (Å²) in [7, 11) is -3.85. The Hall–Kier alpha value is -0.820. The summed E-state index contributed by atoms with van der Waals surface area (Å²) in [6.07, 6.45) is 0.286. The van der Waals surface area contributed by atoms with E-state index in [1.807, 2.05) is 0 Å². The van der Waals surface area contributed by atoms with Crippen molar-refractivity contribution in [2.75, 3.05) is 6.54 Å². The van der Waals surface area contributed by atoms with Crippen molar-refractivity contribution in [3.63, 3.8) is 0 Å². The summed E-state index contributed by atoms with van der Waals surface area (Å²) in [6, 6.07) is 3.57. The molecule has 0 saturated carbocycles. The van der Waals surface area contributed by atoms with Crippen molar-refractivity contribution < 1.29 is 18.3 Å². The predicted molar refractivity (Wildman–Crippen MR) is 75.6 cm³/mol. The molecule has 0 amide bonds. The zero-order valence-electron chi connectivity index (χ0n) is 10.6. The lowest BCUT2D eigenvalue weighted by atomic mass is 10.0. The number of carbonyl (C=O) groups is 1. The monoisotopic (exact) mass is 337 g/mol. The molecule has 1 N–H and O–H groups in total. The number of carboxylic acid groups (broad SMARTS) is 1. The molecule has 110 valence electrons. The SMILES string of the molecule is CC1C(C(=O)O)CCN1S(=O)(=O)c1cc(Cl)ccc1Cl. The Kier molecular flexibility index (Phi) is 4.30. The van der Waals surface area contributed by atoms with Crippen LogP contribution in [-0.4, -0.2) is 36.4 Å². The Labute approximate surface area is 127 Å². The first-order valence-electron chi connectivity index (χ1n) is 5.95. The summed E-state index contributed by atoms with van der Waals surface area (Å²) in [5.41, 5.74) is 0. The molecule has 2 atom stereocenters. The molecular weight excluding hydrogens is 325 g/mol. The van der Waals surface area contributed by atoms with Gasteiger partial charge in [0.25, 0.3) is 0 Å². The van der Waals surface area contributed by atoms with Crippen LogP contribution in [-0.2, 0) is 14.8 Å². The number of carboxylic acids is 1. The van der Waals surface area contributed by atoms with Crippen molar-refractivity contribution in [1.29, 1.82) is 0 Å². The average Bonchev–Trinajstić information content (AvgIpc) is 2.74. The first-order chi connectivity index (χ1) is 9.25. The second-order valence-corrected chi connectivity index (χ2v) is 7.37. The van der Waals surface area contributed by atoms with E-state index in [4.69, 9.17) is 28.3 Å². The van der Waals surface area contributed by atoms with Crippen LogP contribution in [0.3, 0.4) is 0 Å². The number of rotatable bonds is 3. The summed E-state index contributed by atoms with van der Waals surface area (Å²) in [5.74, 6) is -1.70. The second-order valence-electron chi connectivity index (χ2n) is 4.66. The van der Waals surface area contributed by atoms with E-state index in [1.54, 1.807) is 6.92 Å². The molecule has 1 aliphatic heterocycles. The summed E-state index contributed by atoms with van der Waals surface area (Å²) in [4.78, 5) is 11.0. The summed E-state index contributed by atoms with van der Waals surface area (Å²) in [5, 5.41) is 9.40. The van der Waals surface area contributed by atoms with Crippen molar-refractivity contribution >= 4 is 39.2 Å². The zero-order chi connectivity index (χ0) is 15.1. The van der Waals surface area contributed by atoms with Gasteiger partial charge in [-0.15, -0.1) is 0 Å². The molecule has 2 unspecified atom stereocenters. The molecule has 0 aliphatic carbocycles. The summed E-state index contributed by atoms with van der Waals surface area (Å²) >= 11 is 11.7. The zero-order valence-corrected chi connectivity index (χ0v) is 12.9. The lowest BCUT2D eigenvalue weighted by Crippen LogP contribution is -2.37. The summed E-state index contributed by atoms with van der Waals surface area (Å²) < 4.78 is 26.3. The van der Waals surface area contributed by atoms with Crippen LogP contribution in [0.1, 0.15) is 13.3 Å². The number of benzene rings is 1. The van der Waals surface area contributed by atoms with E-state index in [9.17, 15) is 13.2 Å². The fraction of sp³-hybridized carbons (Fsp3) is 0.417. The van der Waals surface area contributed by atoms with Gasteiger partial charge < -0.3 is 5.11 Å². The molecular formula is C12H13Cl2NO4S. The van der Waals surface area contributed by atoms with Crippen molar-refractivity contribution in [2.24, 2.45) is 5.92 Å². The first-order valence-corrected chi connectivity index (χ1v) is 8.14. The van der Waals surface area contributed by atoms with Gasteiger partial charge in [-0.1, -0.05) is 23.2 Å². The van der Waals surface area contributed by atoms with Gasteiger partial charge in [-0.2, -0.15) is 4.31 Å². The molecule has 0 radical (unpaired) electrons. The molecule has 1 aromatic carbocycles. The maximum absolute atomic E-state index is 12.6. The lowest BCUT2D eigenvalue weighted by molar-refractivity contribution is -0.142. The first kappa shape index (κ1) is 15.6. The molecule has 5 nitrogen and oxygen atoms in total. The normalized spacial score (nSPS) is 23.9. The third-order valence-electron chi connectivity index (χ3n) is 3.49. The smallest absolute Gasteiger partial charge is 0.308 e.